The molecule has 3 aliphatic carbocycles. The number of ketones is 1. The van der Waals surface area contributed by atoms with E-state index in [4.69, 9.17) is 15.3 Å². The number of esters is 1. The number of hydrogen-bond donors (Lipinski definition) is 1. The molecule has 1 saturated heterocycles. The third-order valence-electron chi connectivity index (χ3n) is 8.29. The first-order valence-corrected chi connectivity index (χ1v) is 10.5. The zero-order valence-corrected chi connectivity index (χ0v) is 17.8. The van der Waals surface area contributed by atoms with Gasteiger partial charge in [-0.1, -0.05) is 19.0 Å². The summed E-state index contributed by atoms with van der Waals surface area (Å²) in [5.74, 6) is 1.26. The Hall–Kier alpha value is -1.14. The number of oxime groups is 1. The Morgan fingerprint density at radius 2 is 1.96 bits per heavy atom. The quantitative estimate of drug-likeness (QED) is 0.437. The minimum atomic E-state index is -0.207. The lowest BCUT2D eigenvalue weighted by Gasteiger charge is -2.52. The minimum Gasteiger partial charge on any atom is -0.465 e. The molecule has 0 bridgehead atoms. The summed E-state index contributed by atoms with van der Waals surface area (Å²) in [5, 5.41) is 4.22. The Balaban J connectivity index is 0.00000225. The molecule has 0 aromatic carbocycles. The predicted molar refractivity (Wildman–Crippen MR) is 108 cm³/mol. The van der Waals surface area contributed by atoms with E-state index in [2.05, 4.69) is 19.0 Å². The standard InChI is InChI=1S/C21H32N2O4.ClH/c1-20-7-5-13(23-27-10-9-22)11-17(20)19(25)26-12-14-15-3-4-18(24)21(15,2)8-6-16(14)20;/h14-17H,3-12,22H2,1-2H3;1H/b23-13-;/t14-,15-,16-,17?,20+,21-;/m0./s1. The molecule has 4 fully saturated rings. The van der Waals surface area contributed by atoms with Crippen LogP contribution in [-0.4, -0.2) is 37.2 Å². The van der Waals surface area contributed by atoms with Crippen LogP contribution in [0.5, 0.6) is 0 Å². The summed E-state index contributed by atoms with van der Waals surface area (Å²) < 4.78 is 5.80. The van der Waals surface area contributed by atoms with Gasteiger partial charge in [0.1, 0.15) is 12.4 Å². The molecule has 4 aliphatic rings. The fraction of sp³-hybridized carbons (Fsp3) is 0.857. The Bertz CT molecular complexity index is 669. The first kappa shape index (κ1) is 21.6. The molecule has 6 nitrogen and oxygen atoms in total. The second kappa shape index (κ2) is 7.94. The van der Waals surface area contributed by atoms with Crippen LogP contribution in [0.15, 0.2) is 5.16 Å². The summed E-state index contributed by atoms with van der Waals surface area (Å²) in [6.07, 6.45) is 6.01. The smallest absolute Gasteiger partial charge is 0.309 e. The fourth-order valence-electron chi connectivity index (χ4n) is 6.62. The van der Waals surface area contributed by atoms with Crippen molar-refractivity contribution in [3.05, 3.63) is 0 Å². The highest BCUT2D eigenvalue weighted by Gasteiger charge is 2.61. The fourth-order valence-corrected chi connectivity index (χ4v) is 6.62. The van der Waals surface area contributed by atoms with Gasteiger partial charge >= 0.3 is 5.97 Å². The van der Waals surface area contributed by atoms with Gasteiger partial charge in [0.05, 0.1) is 18.2 Å². The number of nitrogens with zero attached hydrogens (tertiary/aromatic N) is 1. The van der Waals surface area contributed by atoms with E-state index in [1.54, 1.807) is 0 Å². The number of hydrogen-bond acceptors (Lipinski definition) is 6. The molecular formula is C21H33ClN2O4. The molecule has 28 heavy (non-hydrogen) atoms. The molecule has 0 spiro atoms. The molecule has 0 aromatic heterocycles. The van der Waals surface area contributed by atoms with Gasteiger partial charge < -0.3 is 15.3 Å². The van der Waals surface area contributed by atoms with Crippen LogP contribution >= 0.6 is 12.4 Å². The van der Waals surface area contributed by atoms with Crippen molar-refractivity contribution in [3.8, 4) is 0 Å². The van der Waals surface area contributed by atoms with Gasteiger partial charge in [-0.25, -0.2) is 0 Å². The third-order valence-corrected chi connectivity index (χ3v) is 8.29. The van der Waals surface area contributed by atoms with E-state index in [1.807, 2.05) is 0 Å². The average Bonchev–Trinajstić information content (AvgIpc) is 2.90. The third kappa shape index (κ3) is 3.26. The number of fused-ring (bicyclic) bond motifs is 5. The summed E-state index contributed by atoms with van der Waals surface area (Å²) in [7, 11) is 0. The van der Waals surface area contributed by atoms with Crippen LogP contribution in [0.25, 0.3) is 0 Å². The molecule has 2 N–H and O–H groups in total. The molecule has 1 heterocycles. The van der Waals surface area contributed by atoms with Crippen molar-refractivity contribution < 1.29 is 19.2 Å². The highest BCUT2D eigenvalue weighted by atomic mass is 35.5. The second-order valence-corrected chi connectivity index (χ2v) is 9.47. The maximum Gasteiger partial charge on any atom is 0.309 e. The highest BCUT2D eigenvalue weighted by molar-refractivity contribution is 5.90. The molecular weight excluding hydrogens is 380 g/mol. The van der Waals surface area contributed by atoms with E-state index in [1.165, 1.54) is 0 Å². The number of cyclic esters (lactones) is 1. The summed E-state index contributed by atoms with van der Waals surface area (Å²) in [4.78, 5) is 30.7. The molecule has 158 valence electrons. The molecule has 0 aromatic rings. The van der Waals surface area contributed by atoms with E-state index in [0.29, 0.717) is 56.1 Å². The maximum atomic E-state index is 12.9. The van der Waals surface area contributed by atoms with Gasteiger partial charge in [-0.3, -0.25) is 9.59 Å². The highest BCUT2D eigenvalue weighted by Crippen LogP contribution is 2.62. The number of carbonyl (C=O) groups excluding carboxylic acids is 2. The number of halogens is 1. The van der Waals surface area contributed by atoms with Crippen LogP contribution in [-0.2, 0) is 19.2 Å². The van der Waals surface area contributed by atoms with Crippen molar-refractivity contribution in [1.82, 2.24) is 0 Å². The molecule has 3 saturated carbocycles. The van der Waals surface area contributed by atoms with Gasteiger partial charge in [0.25, 0.3) is 0 Å². The average molecular weight is 413 g/mol. The minimum absolute atomic E-state index is 0. The van der Waals surface area contributed by atoms with Gasteiger partial charge in [-0.05, 0) is 49.4 Å². The number of Topliss-reactive ketones (excluding diaryl/α,β-unsaturated/α-hetero) is 1. The lowest BCUT2D eigenvalue weighted by Crippen LogP contribution is -2.50. The predicted octanol–water partition coefficient (Wildman–Crippen LogP) is 3.11. The van der Waals surface area contributed by atoms with Crippen LogP contribution in [0.2, 0.25) is 0 Å². The molecule has 7 heteroatoms. The van der Waals surface area contributed by atoms with E-state index in [9.17, 15) is 9.59 Å². The van der Waals surface area contributed by atoms with Gasteiger partial charge in [0.15, 0.2) is 0 Å². The number of rotatable bonds is 3. The lowest BCUT2D eigenvalue weighted by atomic mass is 9.50. The Morgan fingerprint density at radius 3 is 2.71 bits per heavy atom. The van der Waals surface area contributed by atoms with Crippen LogP contribution < -0.4 is 5.73 Å². The Morgan fingerprint density at radius 1 is 1.18 bits per heavy atom. The van der Waals surface area contributed by atoms with Crippen molar-refractivity contribution in [3.63, 3.8) is 0 Å². The zero-order valence-electron chi connectivity index (χ0n) is 16.9. The largest absolute Gasteiger partial charge is 0.465 e. The first-order chi connectivity index (χ1) is 12.9. The molecule has 4 rings (SSSR count). The Kier molecular flexibility index (Phi) is 6.12. The van der Waals surface area contributed by atoms with E-state index >= 15 is 0 Å². The Labute approximate surface area is 173 Å². The topological polar surface area (TPSA) is 91.0 Å². The molecule has 0 amide bonds. The van der Waals surface area contributed by atoms with Gasteiger partial charge in [0, 0.05) is 30.7 Å². The van der Waals surface area contributed by atoms with E-state index in [0.717, 1.165) is 37.8 Å². The van der Waals surface area contributed by atoms with Crippen molar-refractivity contribution >= 4 is 29.9 Å². The van der Waals surface area contributed by atoms with Gasteiger partial charge in [-0.15, -0.1) is 12.4 Å². The van der Waals surface area contributed by atoms with Crippen molar-refractivity contribution in [2.75, 3.05) is 19.8 Å². The summed E-state index contributed by atoms with van der Waals surface area (Å²) >= 11 is 0. The molecule has 0 radical (unpaired) electrons. The van der Waals surface area contributed by atoms with Crippen molar-refractivity contribution in [2.24, 2.45) is 45.4 Å². The summed E-state index contributed by atoms with van der Waals surface area (Å²) in [5.41, 5.74) is 6.11. The van der Waals surface area contributed by atoms with Gasteiger partial charge in [0.2, 0.25) is 0 Å². The van der Waals surface area contributed by atoms with Gasteiger partial charge in [-0.2, -0.15) is 0 Å². The monoisotopic (exact) mass is 412 g/mol. The van der Waals surface area contributed by atoms with Crippen LogP contribution in [0.4, 0.5) is 0 Å². The maximum absolute atomic E-state index is 12.9. The first-order valence-electron chi connectivity index (χ1n) is 10.5. The zero-order chi connectivity index (χ0) is 19.2. The van der Waals surface area contributed by atoms with Crippen molar-refractivity contribution in [1.29, 1.82) is 0 Å². The molecule has 1 unspecified atom stereocenters. The second-order valence-electron chi connectivity index (χ2n) is 9.47. The van der Waals surface area contributed by atoms with E-state index < -0.39 is 0 Å². The number of ether oxygens (including phenoxy) is 1. The van der Waals surface area contributed by atoms with Crippen LogP contribution in [0.1, 0.15) is 58.8 Å². The van der Waals surface area contributed by atoms with E-state index in [-0.39, 0.29) is 35.1 Å². The lowest BCUT2D eigenvalue weighted by molar-refractivity contribution is -0.151. The van der Waals surface area contributed by atoms with Crippen LogP contribution in [0, 0.1) is 34.5 Å². The number of nitrogens with two attached hydrogens (primary N) is 1. The normalized spacial score (nSPS) is 43.9. The van der Waals surface area contributed by atoms with Crippen LogP contribution in [0.3, 0.4) is 0 Å². The molecule has 6 atom stereocenters. The summed E-state index contributed by atoms with van der Waals surface area (Å²) in [6.45, 7) is 5.73. The molecule has 1 aliphatic heterocycles. The summed E-state index contributed by atoms with van der Waals surface area (Å²) in [6, 6.07) is 0. The van der Waals surface area contributed by atoms with Crippen molar-refractivity contribution in [2.45, 2.75) is 58.8 Å². The number of carbonyl (C=O) groups is 2. The SMILES string of the molecule is C[C@]12CC/C(=N/OCCN)CC1C(=O)OC[C@@H]1[C@@H]2CC[C@]2(C)C(=O)CC[C@@H]12.Cl.